The highest BCUT2D eigenvalue weighted by Crippen LogP contribution is 2.25. The molecule has 0 saturated carbocycles. The number of aryl methyl sites for hydroxylation is 1. The van der Waals surface area contributed by atoms with E-state index in [-0.39, 0.29) is 12.0 Å². The fourth-order valence-corrected chi connectivity index (χ4v) is 3.36. The van der Waals surface area contributed by atoms with Crippen molar-refractivity contribution in [1.29, 1.82) is 0 Å². The lowest BCUT2D eigenvalue weighted by molar-refractivity contribution is -0.0174. The minimum absolute atomic E-state index is 0.0520. The Kier molecular flexibility index (Phi) is 4.49. The third-order valence-corrected chi connectivity index (χ3v) is 4.74. The number of nitrogens with zero attached hydrogens (tertiary/aromatic N) is 3. The molecule has 2 aliphatic rings. The van der Waals surface area contributed by atoms with E-state index in [1.54, 1.807) is 13.0 Å². The lowest BCUT2D eigenvalue weighted by Gasteiger charge is -2.38. The molecular weight excluding hydrogens is 282 g/mol. The van der Waals surface area contributed by atoms with Crippen LogP contribution in [0.5, 0.6) is 0 Å². The maximum atomic E-state index is 12.5. The SMILES string of the molecule is Cc1cc(C(=O)N2CC[C@@H]3CN(C(C)C)CCO[C@@H]3C2)no1. The molecule has 6 heteroatoms. The lowest BCUT2D eigenvalue weighted by atomic mass is 9.92. The van der Waals surface area contributed by atoms with Gasteiger partial charge in [0.25, 0.3) is 5.91 Å². The number of carbonyl (C=O) groups is 1. The molecule has 122 valence electrons. The summed E-state index contributed by atoms with van der Waals surface area (Å²) in [5.41, 5.74) is 0.397. The Hall–Kier alpha value is -1.40. The third-order valence-electron chi connectivity index (χ3n) is 4.74. The molecule has 0 bridgehead atoms. The van der Waals surface area contributed by atoms with Crippen molar-refractivity contribution in [3.05, 3.63) is 17.5 Å². The molecule has 0 spiro atoms. The van der Waals surface area contributed by atoms with Gasteiger partial charge in [0.15, 0.2) is 5.69 Å². The van der Waals surface area contributed by atoms with Crippen molar-refractivity contribution in [2.75, 3.05) is 32.8 Å². The number of ether oxygens (including phenoxy) is 1. The molecule has 0 aromatic carbocycles. The molecule has 2 aliphatic heterocycles. The Bertz CT molecular complexity index is 528. The summed E-state index contributed by atoms with van der Waals surface area (Å²) in [6.07, 6.45) is 1.12. The summed E-state index contributed by atoms with van der Waals surface area (Å²) in [5.74, 6) is 1.12. The highest BCUT2D eigenvalue weighted by atomic mass is 16.5. The van der Waals surface area contributed by atoms with Gasteiger partial charge >= 0.3 is 0 Å². The van der Waals surface area contributed by atoms with Crippen LogP contribution in [0.1, 0.15) is 36.5 Å². The molecule has 3 rings (SSSR count). The monoisotopic (exact) mass is 307 g/mol. The standard InChI is InChI=1S/C16H25N3O3/c1-11(2)18-6-7-21-15-10-19(5-4-13(15)9-18)16(20)14-8-12(3)22-17-14/h8,11,13,15H,4-7,9-10H2,1-3H3/t13-,15-/m1/s1. The molecule has 1 aromatic rings. The van der Waals surface area contributed by atoms with Crippen LogP contribution < -0.4 is 0 Å². The van der Waals surface area contributed by atoms with Gasteiger partial charge < -0.3 is 14.2 Å². The van der Waals surface area contributed by atoms with Crippen molar-refractivity contribution in [3.63, 3.8) is 0 Å². The summed E-state index contributed by atoms with van der Waals surface area (Å²) in [5, 5.41) is 3.83. The van der Waals surface area contributed by atoms with E-state index in [1.807, 2.05) is 4.90 Å². The van der Waals surface area contributed by atoms with Crippen molar-refractivity contribution in [2.45, 2.75) is 39.3 Å². The molecule has 2 fully saturated rings. The van der Waals surface area contributed by atoms with Crippen LogP contribution in [0.3, 0.4) is 0 Å². The lowest BCUT2D eigenvalue weighted by Crippen LogP contribution is -2.49. The number of hydrogen-bond donors (Lipinski definition) is 0. The van der Waals surface area contributed by atoms with Crippen LogP contribution >= 0.6 is 0 Å². The van der Waals surface area contributed by atoms with E-state index in [1.165, 1.54) is 0 Å². The van der Waals surface area contributed by atoms with Gasteiger partial charge in [0, 0.05) is 44.2 Å². The predicted molar refractivity (Wildman–Crippen MR) is 81.7 cm³/mol. The summed E-state index contributed by atoms with van der Waals surface area (Å²) >= 11 is 0. The minimum atomic E-state index is -0.0520. The Morgan fingerprint density at radius 1 is 1.36 bits per heavy atom. The van der Waals surface area contributed by atoms with Gasteiger partial charge in [0.1, 0.15) is 5.76 Å². The van der Waals surface area contributed by atoms with E-state index in [0.29, 0.717) is 30.0 Å². The first-order valence-electron chi connectivity index (χ1n) is 8.13. The number of likely N-dealkylation sites (tertiary alicyclic amines) is 1. The second-order valence-electron chi connectivity index (χ2n) is 6.62. The van der Waals surface area contributed by atoms with Crippen LogP contribution in [0.25, 0.3) is 0 Å². The molecule has 1 amide bonds. The molecule has 22 heavy (non-hydrogen) atoms. The Balaban J connectivity index is 1.65. The number of hydrogen-bond acceptors (Lipinski definition) is 5. The summed E-state index contributed by atoms with van der Waals surface area (Å²) in [6, 6.07) is 2.24. The van der Waals surface area contributed by atoms with E-state index >= 15 is 0 Å². The number of aromatic nitrogens is 1. The average Bonchev–Trinajstić information content (AvgIpc) is 2.81. The maximum Gasteiger partial charge on any atom is 0.276 e. The topological polar surface area (TPSA) is 58.8 Å². The van der Waals surface area contributed by atoms with Crippen LogP contribution in [0, 0.1) is 12.8 Å². The fraction of sp³-hybridized carbons (Fsp3) is 0.750. The molecular formula is C16H25N3O3. The first kappa shape index (κ1) is 15.5. The first-order chi connectivity index (χ1) is 10.5. The van der Waals surface area contributed by atoms with Crippen molar-refractivity contribution in [2.24, 2.45) is 5.92 Å². The summed E-state index contributed by atoms with van der Waals surface area (Å²) in [6.45, 7) is 10.4. The quantitative estimate of drug-likeness (QED) is 0.830. The number of amides is 1. The minimum Gasteiger partial charge on any atom is -0.375 e. The van der Waals surface area contributed by atoms with E-state index in [4.69, 9.17) is 9.26 Å². The molecule has 0 radical (unpaired) electrons. The van der Waals surface area contributed by atoms with Crippen molar-refractivity contribution < 1.29 is 14.1 Å². The molecule has 0 unspecified atom stereocenters. The zero-order chi connectivity index (χ0) is 15.7. The van der Waals surface area contributed by atoms with Gasteiger partial charge in [-0.25, -0.2) is 0 Å². The van der Waals surface area contributed by atoms with E-state index < -0.39 is 0 Å². The van der Waals surface area contributed by atoms with Crippen molar-refractivity contribution in [1.82, 2.24) is 15.0 Å². The highest BCUT2D eigenvalue weighted by molar-refractivity contribution is 5.92. The molecule has 2 atom stereocenters. The van der Waals surface area contributed by atoms with E-state index in [0.717, 1.165) is 32.7 Å². The summed E-state index contributed by atoms with van der Waals surface area (Å²) in [4.78, 5) is 16.8. The maximum absolute atomic E-state index is 12.5. The van der Waals surface area contributed by atoms with Crippen molar-refractivity contribution in [3.8, 4) is 0 Å². The number of piperidine rings is 1. The van der Waals surface area contributed by atoms with Crippen LogP contribution in [0.2, 0.25) is 0 Å². The van der Waals surface area contributed by atoms with E-state index in [9.17, 15) is 4.79 Å². The molecule has 2 saturated heterocycles. The normalized spacial score (nSPS) is 26.8. The fourth-order valence-electron chi connectivity index (χ4n) is 3.36. The van der Waals surface area contributed by atoms with Crippen LogP contribution in [0.4, 0.5) is 0 Å². The smallest absolute Gasteiger partial charge is 0.276 e. The van der Waals surface area contributed by atoms with Gasteiger partial charge in [0.05, 0.1) is 12.7 Å². The highest BCUT2D eigenvalue weighted by Gasteiger charge is 2.36. The van der Waals surface area contributed by atoms with Gasteiger partial charge in [0.2, 0.25) is 0 Å². The van der Waals surface area contributed by atoms with Gasteiger partial charge in [-0.2, -0.15) is 0 Å². The van der Waals surface area contributed by atoms with Crippen LogP contribution in [0.15, 0.2) is 10.6 Å². The molecule has 0 aliphatic carbocycles. The Morgan fingerprint density at radius 3 is 2.86 bits per heavy atom. The number of rotatable bonds is 2. The van der Waals surface area contributed by atoms with Crippen LogP contribution in [-0.4, -0.2) is 65.8 Å². The van der Waals surface area contributed by atoms with Gasteiger partial charge in [-0.05, 0) is 27.2 Å². The summed E-state index contributed by atoms with van der Waals surface area (Å²) in [7, 11) is 0. The second kappa shape index (κ2) is 6.38. The average molecular weight is 307 g/mol. The first-order valence-corrected chi connectivity index (χ1v) is 8.13. The molecule has 3 heterocycles. The van der Waals surface area contributed by atoms with Crippen LogP contribution in [-0.2, 0) is 4.74 Å². The second-order valence-corrected chi connectivity index (χ2v) is 6.62. The van der Waals surface area contributed by atoms with Gasteiger partial charge in [-0.15, -0.1) is 0 Å². The zero-order valence-corrected chi connectivity index (χ0v) is 13.6. The third kappa shape index (κ3) is 3.17. The van der Waals surface area contributed by atoms with Gasteiger partial charge in [-0.1, -0.05) is 5.16 Å². The molecule has 6 nitrogen and oxygen atoms in total. The van der Waals surface area contributed by atoms with Gasteiger partial charge in [-0.3, -0.25) is 9.69 Å². The predicted octanol–water partition coefficient (Wildman–Crippen LogP) is 1.55. The summed E-state index contributed by atoms with van der Waals surface area (Å²) < 4.78 is 11.0. The zero-order valence-electron chi connectivity index (χ0n) is 13.6. The van der Waals surface area contributed by atoms with E-state index in [2.05, 4.69) is 23.9 Å². The van der Waals surface area contributed by atoms with Crippen molar-refractivity contribution >= 4 is 5.91 Å². The molecule has 0 N–H and O–H groups in total. The Labute approximate surface area is 131 Å². The number of carbonyl (C=O) groups excluding carboxylic acids is 1. The Morgan fingerprint density at radius 2 is 2.18 bits per heavy atom. The number of fused-ring (bicyclic) bond motifs is 1. The largest absolute Gasteiger partial charge is 0.375 e. The molecule has 1 aromatic heterocycles.